The van der Waals surface area contributed by atoms with E-state index >= 15 is 0 Å². The van der Waals surface area contributed by atoms with Gasteiger partial charge in [-0.25, -0.2) is 0 Å². The molecule has 4 nitrogen and oxygen atoms in total. The van der Waals surface area contributed by atoms with Gasteiger partial charge in [0.15, 0.2) is 5.82 Å². The molecule has 0 radical (unpaired) electrons. The Bertz CT molecular complexity index is 899. The van der Waals surface area contributed by atoms with Crippen LogP contribution in [0.2, 0.25) is 0 Å². The number of thioether (sulfide) groups is 1. The van der Waals surface area contributed by atoms with Crippen LogP contribution in [0.1, 0.15) is 49.2 Å². The highest BCUT2D eigenvalue weighted by Crippen LogP contribution is 2.25. The zero-order valence-corrected chi connectivity index (χ0v) is 18.2. The topological polar surface area (TPSA) is 43.1 Å². The summed E-state index contributed by atoms with van der Waals surface area (Å²) in [5, 5.41) is 14.2. The van der Waals surface area contributed by atoms with Crippen LogP contribution in [0.15, 0.2) is 63.3 Å². The Morgan fingerprint density at radius 1 is 1.04 bits per heavy atom. The first kappa shape index (κ1) is 19.8. The summed E-state index contributed by atoms with van der Waals surface area (Å²) in [6.45, 7) is 6.37. The van der Waals surface area contributed by atoms with Gasteiger partial charge in [0.25, 0.3) is 0 Å². The Balaban J connectivity index is 1.80. The number of benzene rings is 2. The lowest BCUT2D eigenvalue weighted by molar-refractivity contribution is 0.667. The summed E-state index contributed by atoms with van der Waals surface area (Å²) in [5.74, 6) is 1.94. The molecule has 2 aromatic carbocycles. The summed E-state index contributed by atoms with van der Waals surface area (Å²) in [4.78, 5) is 0. The van der Waals surface area contributed by atoms with Crippen LogP contribution in [-0.4, -0.2) is 21.1 Å². The molecule has 0 fully saturated rings. The molecule has 27 heavy (non-hydrogen) atoms. The standard InChI is InChI=1S/C21H23BrN4S/c1-4-16-5-7-17(8-6-16)13-23-26-20(15(2)3)24-25-21(26)27-14-18-9-11-19(22)12-10-18/h5-13,15H,4,14H2,1-3H3/b23-13-. The molecule has 0 aliphatic rings. The quantitative estimate of drug-likeness (QED) is 0.337. The van der Waals surface area contributed by atoms with Gasteiger partial charge in [0.2, 0.25) is 5.16 Å². The second-order valence-electron chi connectivity index (χ2n) is 6.56. The number of aromatic nitrogens is 3. The first-order valence-corrected chi connectivity index (χ1v) is 10.8. The highest BCUT2D eigenvalue weighted by Gasteiger charge is 2.15. The summed E-state index contributed by atoms with van der Waals surface area (Å²) in [7, 11) is 0. The first-order valence-electron chi connectivity index (χ1n) is 9.02. The SMILES string of the molecule is CCc1ccc(/C=N\n2c(SCc3ccc(Br)cc3)nnc2C(C)C)cc1. The van der Waals surface area contributed by atoms with E-state index in [0.717, 1.165) is 33.2 Å². The van der Waals surface area contributed by atoms with Crippen LogP contribution in [0.25, 0.3) is 0 Å². The molecule has 6 heteroatoms. The summed E-state index contributed by atoms with van der Waals surface area (Å²) in [5.41, 5.74) is 3.63. The Kier molecular flexibility index (Phi) is 6.85. The van der Waals surface area contributed by atoms with E-state index < -0.39 is 0 Å². The van der Waals surface area contributed by atoms with Gasteiger partial charge < -0.3 is 0 Å². The van der Waals surface area contributed by atoms with Gasteiger partial charge in [0.05, 0.1) is 6.21 Å². The number of hydrogen-bond donors (Lipinski definition) is 0. The van der Waals surface area contributed by atoms with Crippen molar-refractivity contribution >= 4 is 33.9 Å². The molecular formula is C21H23BrN4S. The maximum absolute atomic E-state index is 4.68. The van der Waals surface area contributed by atoms with Crippen molar-refractivity contribution in [3.63, 3.8) is 0 Å². The molecule has 0 atom stereocenters. The van der Waals surface area contributed by atoms with Crippen molar-refractivity contribution in [1.29, 1.82) is 0 Å². The Morgan fingerprint density at radius 3 is 2.33 bits per heavy atom. The molecule has 0 bridgehead atoms. The van der Waals surface area contributed by atoms with Crippen molar-refractivity contribution in [1.82, 2.24) is 14.9 Å². The molecule has 0 N–H and O–H groups in total. The largest absolute Gasteiger partial charge is 0.212 e. The average Bonchev–Trinajstić information content (AvgIpc) is 3.09. The molecular weight excluding hydrogens is 420 g/mol. The lowest BCUT2D eigenvalue weighted by Gasteiger charge is -2.07. The zero-order valence-electron chi connectivity index (χ0n) is 15.8. The molecule has 0 aliphatic carbocycles. The van der Waals surface area contributed by atoms with Crippen molar-refractivity contribution in [3.05, 3.63) is 75.5 Å². The number of rotatable bonds is 7. The van der Waals surface area contributed by atoms with Crippen molar-refractivity contribution in [2.24, 2.45) is 5.10 Å². The van der Waals surface area contributed by atoms with Gasteiger partial charge in [-0.3, -0.25) is 0 Å². The lowest BCUT2D eigenvalue weighted by atomic mass is 10.1. The van der Waals surface area contributed by atoms with Gasteiger partial charge in [-0.2, -0.15) is 9.78 Å². The molecule has 1 heterocycles. The highest BCUT2D eigenvalue weighted by atomic mass is 79.9. The van der Waals surface area contributed by atoms with Crippen molar-refractivity contribution in [2.45, 2.75) is 44.0 Å². The molecule has 1 aromatic heterocycles. The third kappa shape index (κ3) is 5.30. The summed E-state index contributed by atoms with van der Waals surface area (Å²) < 4.78 is 2.95. The second-order valence-corrected chi connectivity index (χ2v) is 8.42. The Hall–Kier alpha value is -1.92. The molecule has 3 aromatic rings. The number of aryl methyl sites for hydroxylation is 1. The van der Waals surface area contributed by atoms with Crippen LogP contribution >= 0.6 is 27.7 Å². The van der Waals surface area contributed by atoms with Crippen LogP contribution < -0.4 is 0 Å². The van der Waals surface area contributed by atoms with Crippen LogP contribution in [0.4, 0.5) is 0 Å². The lowest BCUT2D eigenvalue weighted by Crippen LogP contribution is -2.02. The van der Waals surface area contributed by atoms with E-state index in [-0.39, 0.29) is 5.92 Å². The van der Waals surface area contributed by atoms with Crippen molar-refractivity contribution in [2.75, 3.05) is 0 Å². The van der Waals surface area contributed by atoms with Gasteiger partial charge in [-0.05, 0) is 35.2 Å². The predicted molar refractivity (Wildman–Crippen MR) is 117 cm³/mol. The summed E-state index contributed by atoms with van der Waals surface area (Å²) in [6, 6.07) is 16.8. The minimum atomic E-state index is 0.249. The molecule has 0 unspecified atom stereocenters. The van der Waals surface area contributed by atoms with Gasteiger partial charge in [0.1, 0.15) is 0 Å². The number of hydrogen-bond acceptors (Lipinski definition) is 4. The predicted octanol–water partition coefficient (Wildman–Crippen LogP) is 5.90. The Labute approximate surface area is 173 Å². The fourth-order valence-corrected chi connectivity index (χ4v) is 3.64. The molecule has 0 aliphatic heterocycles. The molecule has 3 rings (SSSR count). The monoisotopic (exact) mass is 442 g/mol. The normalized spacial score (nSPS) is 11.6. The third-order valence-corrected chi connectivity index (χ3v) is 5.66. The maximum Gasteiger partial charge on any atom is 0.212 e. The van der Waals surface area contributed by atoms with E-state index in [9.17, 15) is 0 Å². The highest BCUT2D eigenvalue weighted by molar-refractivity contribution is 9.10. The van der Waals surface area contributed by atoms with E-state index in [1.807, 2.05) is 10.9 Å². The average molecular weight is 443 g/mol. The summed E-state index contributed by atoms with van der Waals surface area (Å²) >= 11 is 5.12. The fraction of sp³-hybridized carbons (Fsp3) is 0.286. The van der Waals surface area contributed by atoms with Gasteiger partial charge >= 0.3 is 0 Å². The maximum atomic E-state index is 4.68. The second kappa shape index (κ2) is 9.33. The van der Waals surface area contributed by atoms with Crippen LogP contribution in [0.3, 0.4) is 0 Å². The molecule has 0 saturated heterocycles. The van der Waals surface area contributed by atoms with E-state index in [4.69, 9.17) is 0 Å². The van der Waals surface area contributed by atoms with Crippen LogP contribution in [0, 0.1) is 0 Å². The van der Waals surface area contributed by atoms with Gasteiger partial charge in [-0.15, -0.1) is 10.2 Å². The fourth-order valence-electron chi connectivity index (χ4n) is 2.53. The van der Waals surface area contributed by atoms with E-state index in [1.54, 1.807) is 11.8 Å². The Morgan fingerprint density at radius 2 is 1.70 bits per heavy atom. The minimum Gasteiger partial charge on any atom is -0.191 e. The van der Waals surface area contributed by atoms with E-state index in [0.29, 0.717) is 0 Å². The molecule has 140 valence electrons. The van der Waals surface area contributed by atoms with Gasteiger partial charge in [0, 0.05) is 16.1 Å². The number of nitrogens with zero attached hydrogens (tertiary/aromatic N) is 4. The smallest absolute Gasteiger partial charge is 0.191 e. The number of halogens is 1. The van der Waals surface area contributed by atoms with Crippen molar-refractivity contribution in [3.8, 4) is 0 Å². The minimum absolute atomic E-state index is 0.249. The van der Waals surface area contributed by atoms with Crippen LogP contribution in [-0.2, 0) is 12.2 Å². The molecule has 0 amide bonds. The zero-order chi connectivity index (χ0) is 19.2. The molecule has 0 saturated carbocycles. The van der Waals surface area contributed by atoms with E-state index in [2.05, 4.69) is 101 Å². The van der Waals surface area contributed by atoms with Gasteiger partial charge in [-0.1, -0.05) is 84.9 Å². The van der Waals surface area contributed by atoms with Crippen molar-refractivity contribution < 1.29 is 0 Å². The van der Waals surface area contributed by atoms with Crippen LogP contribution in [0.5, 0.6) is 0 Å². The summed E-state index contributed by atoms with van der Waals surface area (Å²) in [6.07, 6.45) is 2.91. The first-order chi connectivity index (χ1) is 13.1. The molecule has 0 spiro atoms. The third-order valence-electron chi connectivity index (χ3n) is 4.14. The van der Waals surface area contributed by atoms with E-state index in [1.165, 1.54) is 11.1 Å².